The van der Waals surface area contributed by atoms with Crippen LogP contribution in [0.3, 0.4) is 0 Å². The Morgan fingerprint density at radius 1 is 1.17 bits per heavy atom. The molecule has 1 fully saturated rings. The number of carboxylic acid groups (broad SMARTS) is 1. The molecule has 4 heteroatoms. The molecule has 0 aromatic heterocycles. The Kier molecular flexibility index (Phi) is 4.69. The minimum atomic E-state index is -0.821. The molecule has 2 N–H and O–H groups in total. The third-order valence-corrected chi connectivity index (χ3v) is 5.38. The number of fused-ring (bicyclic) bond motifs is 1. The summed E-state index contributed by atoms with van der Waals surface area (Å²) in [7, 11) is 0. The lowest BCUT2D eigenvalue weighted by Crippen LogP contribution is -2.48. The number of amides is 1. The topological polar surface area (TPSA) is 66.4 Å². The van der Waals surface area contributed by atoms with Gasteiger partial charge in [0.15, 0.2) is 0 Å². The van der Waals surface area contributed by atoms with Gasteiger partial charge in [0.2, 0.25) is 5.91 Å². The zero-order valence-corrected chi connectivity index (χ0v) is 13.5. The fourth-order valence-corrected chi connectivity index (χ4v) is 4.24. The number of hydrogen-bond acceptors (Lipinski definition) is 2. The van der Waals surface area contributed by atoms with Gasteiger partial charge in [-0.25, -0.2) is 0 Å². The van der Waals surface area contributed by atoms with Crippen molar-refractivity contribution in [3.63, 3.8) is 0 Å². The van der Waals surface area contributed by atoms with Gasteiger partial charge in [-0.3, -0.25) is 9.59 Å². The largest absolute Gasteiger partial charge is 0.481 e. The Morgan fingerprint density at radius 2 is 1.87 bits per heavy atom. The zero-order chi connectivity index (χ0) is 16.3. The SMILES string of the molecule is O=C(O)CC1(NC(=O)CC2CCc3ccccc3C2)CCCC1. The maximum absolute atomic E-state index is 12.5. The van der Waals surface area contributed by atoms with Crippen LogP contribution in [0.2, 0.25) is 0 Å². The van der Waals surface area contributed by atoms with E-state index in [1.807, 2.05) is 0 Å². The number of aliphatic carboxylic acids is 1. The van der Waals surface area contributed by atoms with E-state index < -0.39 is 11.5 Å². The predicted molar refractivity (Wildman–Crippen MR) is 88.2 cm³/mol. The quantitative estimate of drug-likeness (QED) is 0.877. The van der Waals surface area contributed by atoms with Gasteiger partial charge in [-0.1, -0.05) is 37.1 Å². The van der Waals surface area contributed by atoms with E-state index in [1.54, 1.807) is 0 Å². The van der Waals surface area contributed by atoms with Crippen LogP contribution in [0.1, 0.15) is 56.1 Å². The van der Waals surface area contributed by atoms with Crippen molar-refractivity contribution in [3.8, 4) is 0 Å². The van der Waals surface area contributed by atoms with Crippen molar-refractivity contribution >= 4 is 11.9 Å². The minimum Gasteiger partial charge on any atom is -0.481 e. The molecule has 0 heterocycles. The number of carbonyl (C=O) groups is 2. The predicted octanol–water partition coefficient (Wildman–Crippen LogP) is 3.09. The summed E-state index contributed by atoms with van der Waals surface area (Å²) in [5.41, 5.74) is 2.26. The number of aryl methyl sites for hydroxylation is 1. The van der Waals surface area contributed by atoms with E-state index in [0.29, 0.717) is 12.3 Å². The summed E-state index contributed by atoms with van der Waals surface area (Å²) in [6, 6.07) is 8.46. The summed E-state index contributed by atoms with van der Waals surface area (Å²) in [6.07, 6.45) is 7.17. The van der Waals surface area contributed by atoms with Crippen LogP contribution in [0.5, 0.6) is 0 Å². The monoisotopic (exact) mass is 315 g/mol. The van der Waals surface area contributed by atoms with Gasteiger partial charge in [-0.2, -0.15) is 0 Å². The summed E-state index contributed by atoms with van der Waals surface area (Å²) < 4.78 is 0. The molecule has 0 bridgehead atoms. The Labute approximate surface area is 137 Å². The molecule has 1 amide bonds. The van der Waals surface area contributed by atoms with Gasteiger partial charge in [-0.05, 0) is 49.1 Å². The Bertz CT molecular complexity index is 590. The highest BCUT2D eigenvalue weighted by Gasteiger charge is 2.37. The highest BCUT2D eigenvalue weighted by molar-refractivity contribution is 5.78. The van der Waals surface area contributed by atoms with Crippen molar-refractivity contribution in [2.75, 3.05) is 0 Å². The summed E-state index contributed by atoms with van der Waals surface area (Å²) in [5.74, 6) is -0.426. The molecule has 2 aliphatic carbocycles. The van der Waals surface area contributed by atoms with Crippen LogP contribution in [-0.4, -0.2) is 22.5 Å². The molecular formula is C19H25NO3. The molecule has 124 valence electrons. The molecule has 2 aliphatic rings. The van der Waals surface area contributed by atoms with Gasteiger partial charge in [-0.15, -0.1) is 0 Å². The summed E-state index contributed by atoms with van der Waals surface area (Å²) in [4.78, 5) is 23.6. The van der Waals surface area contributed by atoms with E-state index in [4.69, 9.17) is 5.11 Å². The molecule has 4 nitrogen and oxygen atoms in total. The molecule has 1 aromatic rings. The van der Waals surface area contributed by atoms with Gasteiger partial charge in [0.05, 0.1) is 12.0 Å². The molecule has 0 radical (unpaired) electrons. The van der Waals surface area contributed by atoms with Crippen LogP contribution in [0.15, 0.2) is 24.3 Å². The summed E-state index contributed by atoms with van der Waals surface area (Å²) in [5, 5.41) is 12.2. The third kappa shape index (κ3) is 3.92. The van der Waals surface area contributed by atoms with Gasteiger partial charge in [0.1, 0.15) is 0 Å². The lowest BCUT2D eigenvalue weighted by Gasteiger charge is -2.30. The van der Waals surface area contributed by atoms with Crippen molar-refractivity contribution in [3.05, 3.63) is 35.4 Å². The van der Waals surface area contributed by atoms with Gasteiger partial charge >= 0.3 is 5.97 Å². The zero-order valence-electron chi connectivity index (χ0n) is 13.5. The molecule has 1 aromatic carbocycles. The van der Waals surface area contributed by atoms with Crippen molar-refractivity contribution in [1.82, 2.24) is 5.32 Å². The number of hydrogen-bond donors (Lipinski definition) is 2. The number of rotatable bonds is 5. The molecule has 1 unspecified atom stereocenters. The van der Waals surface area contributed by atoms with Crippen LogP contribution in [0.25, 0.3) is 0 Å². The number of nitrogens with one attached hydrogen (secondary N) is 1. The van der Waals surface area contributed by atoms with Gasteiger partial charge < -0.3 is 10.4 Å². The Balaban J connectivity index is 1.58. The van der Waals surface area contributed by atoms with Crippen LogP contribution in [0.4, 0.5) is 0 Å². The number of benzene rings is 1. The van der Waals surface area contributed by atoms with Crippen molar-refractivity contribution in [2.45, 2.75) is 63.3 Å². The van der Waals surface area contributed by atoms with E-state index in [-0.39, 0.29) is 12.3 Å². The highest BCUT2D eigenvalue weighted by Crippen LogP contribution is 2.33. The van der Waals surface area contributed by atoms with Gasteiger partial charge in [0.25, 0.3) is 0 Å². The van der Waals surface area contributed by atoms with Crippen LogP contribution >= 0.6 is 0 Å². The molecule has 0 saturated heterocycles. The molecule has 0 aliphatic heterocycles. The first-order chi connectivity index (χ1) is 11.1. The first-order valence-corrected chi connectivity index (χ1v) is 8.66. The minimum absolute atomic E-state index is 0.0255. The third-order valence-electron chi connectivity index (χ3n) is 5.38. The van der Waals surface area contributed by atoms with Crippen LogP contribution in [-0.2, 0) is 22.4 Å². The smallest absolute Gasteiger partial charge is 0.305 e. The average Bonchev–Trinajstić information content (AvgIpc) is 2.94. The normalized spacial score (nSPS) is 22.3. The fraction of sp³-hybridized carbons (Fsp3) is 0.579. The van der Waals surface area contributed by atoms with Crippen LogP contribution in [0, 0.1) is 5.92 Å². The second kappa shape index (κ2) is 6.73. The summed E-state index contributed by atoms with van der Waals surface area (Å²) >= 11 is 0. The molecule has 1 atom stereocenters. The molecule has 0 spiro atoms. The first-order valence-electron chi connectivity index (χ1n) is 8.66. The second-order valence-electron chi connectivity index (χ2n) is 7.19. The summed E-state index contributed by atoms with van der Waals surface area (Å²) in [6.45, 7) is 0. The molecule has 23 heavy (non-hydrogen) atoms. The Morgan fingerprint density at radius 3 is 2.57 bits per heavy atom. The lowest BCUT2D eigenvalue weighted by molar-refractivity contribution is -0.139. The van der Waals surface area contributed by atoms with E-state index in [1.165, 1.54) is 11.1 Å². The first kappa shape index (κ1) is 16.0. The fourth-order valence-electron chi connectivity index (χ4n) is 4.24. The van der Waals surface area contributed by atoms with Crippen molar-refractivity contribution in [1.29, 1.82) is 0 Å². The number of carboxylic acids is 1. The van der Waals surface area contributed by atoms with Gasteiger partial charge in [0, 0.05) is 6.42 Å². The van der Waals surface area contributed by atoms with E-state index in [0.717, 1.165) is 44.9 Å². The molecular weight excluding hydrogens is 290 g/mol. The van der Waals surface area contributed by atoms with Crippen LogP contribution < -0.4 is 5.32 Å². The van der Waals surface area contributed by atoms with E-state index in [9.17, 15) is 9.59 Å². The maximum atomic E-state index is 12.5. The Hall–Kier alpha value is -1.84. The molecule has 1 saturated carbocycles. The number of carbonyl (C=O) groups excluding carboxylic acids is 1. The highest BCUT2D eigenvalue weighted by atomic mass is 16.4. The van der Waals surface area contributed by atoms with Crippen molar-refractivity contribution < 1.29 is 14.7 Å². The van der Waals surface area contributed by atoms with E-state index >= 15 is 0 Å². The average molecular weight is 315 g/mol. The second-order valence-corrected chi connectivity index (χ2v) is 7.19. The molecule has 3 rings (SSSR count). The maximum Gasteiger partial charge on any atom is 0.305 e. The lowest BCUT2D eigenvalue weighted by atomic mass is 9.82. The standard InChI is InChI=1S/C19H25NO3/c21-17(20-19(13-18(22)23)9-3-4-10-19)12-14-7-8-15-5-1-2-6-16(15)11-14/h1-2,5-6,14H,3-4,7-13H2,(H,20,21)(H,22,23). The van der Waals surface area contributed by atoms with Crippen molar-refractivity contribution in [2.24, 2.45) is 5.92 Å². The van der Waals surface area contributed by atoms with E-state index in [2.05, 4.69) is 29.6 Å².